The lowest BCUT2D eigenvalue weighted by Gasteiger charge is -2.06. The third-order valence-electron chi connectivity index (χ3n) is 2.64. The quantitative estimate of drug-likeness (QED) is 0.690. The zero-order valence-corrected chi connectivity index (χ0v) is 11.9. The average Bonchev–Trinajstić information content (AvgIpc) is 2.47. The van der Waals surface area contributed by atoms with Crippen LogP contribution in [0.15, 0.2) is 48.5 Å². The van der Waals surface area contributed by atoms with E-state index in [1.807, 2.05) is 0 Å². The molecule has 2 aromatic rings. The van der Waals surface area contributed by atoms with Crippen LogP contribution in [0.4, 0.5) is 5.69 Å². The van der Waals surface area contributed by atoms with Crippen LogP contribution in [0.25, 0.3) is 0 Å². The number of carbonyl (C=O) groups excluding carboxylic acids is 2. The van der Waals surface area contributed by atoms with Gasteiger partial charge >= 0.3 is 0 Å². The highest BCUT2D eigenvalue weighted by Gasteiger charge is 2.10. The van der Waals surface area contributed by atoms with Crippen LogP contribution in [0.2, 0.25) is 5.02 Å². The number of hydrogen-bond acceptors (Lipinski definition) is 2. The molecule has 2 aromatic carbocycles. The average molecular weight is 308 g/mol. The van der Waals surface area contributed by atoms with E-state index in [2.05, 4.69) is 5.32 Å². The largest absolute Gasteiger partial charge is 0.325 e. The number of anilines is 1. The highest BCUT2D eigenvalue weighted by Crippen LogP contribution is 2.17. The molecule has 2 rings (SSSR count). The molecule has 20 heavy (non-hydrogen) atoms. The van der Waals surface area contributed by atoms with E-state index < -0.39 is 0 Å². The van der Waals surface area contributed by atoms with Crippen LogP contribution in [0, 0.1) is 0 Å². The van der Waals surface area contributed by atoms with E-state index in [0.29, 0.717) is 21.8 Å². The van der Waals surface area contributed by atoms with Crippen molar-refractivity contribution in [3.8, 4) is 0 Å². The summed E-state index contributed by atoms with van der Waals surface area (Å²) in [6, 6.07) is 13.3. The van der Waals surface area contributed by atoms with Crippen molar-refractivity contribution in [3.05, 3.63) is 64.7 Å². The molecule has 0 aliphatic rings. The van der Waals surface area contributed by atoms with E-state index in [9.17, 15) is 9.59 Å². The van der Waals surface area contributed by atoms with Crippen molar-refractivity contribution in [3.63, 3.8) is 0 Å². The molecular formula is C15H11Cl2NO2. The Hall–Kier alpha value is -1.84. The molecule has 0 spiro atoms. The van der Waals surface area contributed by atoms with E-state index >= 15 is 0 Å². The third-order valence-corrected chi connectivity index (χ3v) is 3.13. The third kappa shape index (κ3) is 3.59. The van der Waals surface area contributed by atoms with Crippen LogP contribution in [-0.2, 0) is 4.79 Å². The monoisotopic (exact) mass is 307 g/mol. The lowest BCUT2D eigenvalue weighted by Crippen LogP contribution is -2.13. The SMILES string of the molecule is O=C(CCl)Nc1cccc(C(=O)c2ccc(Cl)cc2)c1. The zero-order valence-electron chi connectivity index (χ0n) is 10.4. The maximum Gasteiger partial charge on any atom is 0.239 e. The fraction of sp³-hybridized carbons (Fsp3) is 0.0667. The Bertz CT molecular complexity index is 639. The van der Waals surface area contributed by atoms with Crippen molar-refractivity contribution in [2.75, 3.05) is 11.2 Å². The fourth-order valence-electron chi connectivity index (χ4n) is 1.70. The maximum absolute atomic E-state index is 12.3. The molecule has 5 heteroatoms. The van der Waals surface area contributed by atoms with E-state index in [1.165, 1.54) is 0 Å². The summed E-state index contributed by atoms with van der Waals surface area (Å²) in [6.45, 7) is 0. The molecule has 0 unspecified atom stereocenters. The summed E-state index contributed by atoms with van der Waals surface area (Å²) < 4.78 is 0. The molecule has 102 valence electrons. The molecule has 0 aromatic heterocycles. The zero-order chi connectivity index (χ0) is 14.5. The van der Waals surface area contributed by atoms with E-state index in [0.717, 1.165) is 0 Å². The number of carbonyl (C=O) groups is 2. The van der Waals surface area contributed by atoms with Crippen LogP contribution >= 0.6 is 23.2 Å². The van der Waals surface area contributed by atoms with Gasteiger partial charge in [0, 0.05) is 21.8 Å². The fourth-order valence-corrected chi connectivity index (χ4v) is 1.89. The Balaban J connectivity index is 2.24. The summed E-state index contributed by atoms with van der Waals surface area (Å²) in [5.41, 5.74) is 1.56. The predicted molar refractivity (Wildman–Crippen MR) is 80.7 cm³/mol. The van der Waals surface area contributed by atoms with Gasteiger partial charge in [-0.3, -0.25) is 9.59 Å². The van der Waals surface area contributed by atoms with Gasteiger partial charge < -0.3 is 5.32 Å². The van der Waals surface area contributed by atoms with E-state index in [-0.39, 0.29) is 17.6 Å². The molecule has 0 atom stereocenters. The van der Waals surface area contributed by atoms with E-state index in [4.69, 9.17) is 23.2 Å². The highest BCUT2D eigenvalue weighted by molar-refractivity contribution is 6.30. The second-order valence-electron chi connectivity index (χ2n) is 4.10. The Morgan fingerprint density at radius 3 is 2.35 bits per heavy atom. The molecule has 0 radical (unpaired) electrons. The van der Waals surface area contributed by atoms with E-state index in [1.54, 1.807) is 48.5 Å². The van der Waals surface area contributed by atoms with Crippen molar-refractivity contribution < 1.29 is 9.59 Å². The van der Waals surface area contributed by atoms with Gasteiger partial charge in [-0.15, -0.1) is 11.6 Å². The number of halogens is 2. The van der Waals surface area contributed by atoms with Crippen molar-refractivity contribution in [2.45, 2.75) is 0 Å². The first-order valence-corrected chi connectivity index (χ1v) is 6.77. The minimum absolute atomic E-state index is 0.130. The predicted octanol–water partition coefficient (Wildman–Crippen LogP) is 3.75. The van der Waals surface area contributed by atoms with Crippen molar-refractivity contribution in [1.82, 2.24) is 0 Å². The molecule has 0 saturated carbocycles. The number of ketones is 1. The van der Waals surface area contributed by atoms with Gasteiger partial charge in [0.25, 0.3) is 0 Å². The van der Waals surface area contributed by atoms with Gasteiger partial charge in [0.05, 0.1) is 0 Å². The molecule has 1 N–H and O–H groups in total. The number of hydrogen-bond donors (Lipinski definition) is 1. The smallest absolute Gasteiger partial charge is 0.239 e. The van der Waals surface area contributed by atoms with Gasteiger partial charge in [-0.25, -0.2) is 0 Å². The van der Waals surface area contributed by atoms with Gasteiger partial charge in [-0.2, -0.15) is 0 Å². The number of rotatable bonds is 4. The van der Waals surface area contributed by atoms with Gasteiger partial charge in [-0.1, -0.05) is 23.7 Å². The lowest BCUT2D eigenvalue weighted by atomic mass is 10.0. The van der Waals surface area contributed by atoms with Gasteiger partial charge in [0.15, 0.2) is 5.78 Å². The minimum atomic E-state index is -0.317. The Kier molecular flexibility index (Phi) is 4.77. The summed E-state index contributed by atoms with van der Waals surface area (Å²) in [5, 5.41) is 3.18. The summed E-state index contributed by atoms with van der Waals surface area (Å²) in [7, 11) is 0. The number of benzene rings is 2. The first kappa shape index (κ1) is 14.6. The van der Waals surface area contributed by atoms with Crippen molar-refractivity contribution >= 4 is 40.6 Å². The molecule has 0 bridgehead atoms. The number of amides is 1. The van der Waals surface area contributed by atoms with Gasteiger partial charge in [0.2, 0.25) is 5.91 Å². The summed E-state index contributed by atoms with van der Waals surface area (Å²) in [6.07, 6.45) is 0. The number of nitrogens with one attached hydrogen (secondary N) is 1. The van der Waals surface area contributed by atoms with Gasteiger partial charge in [0.1, 0.15) is 5.88 Å². The van der Waals surface area contributed by atoms with Crippen LogP contribution in [-0.4, -0.2) is 17.6 Å². The lowest BCUT2D eigenvalue weighted by molar-refractivity contribution is -0.113. The minimum Gasteiger partial charge on any atom is -0.325 e. The van der Waals surface area contributed by atoms with Crippen LogP contribution in [0.1, 0.15) is 15.9 Å². The Morgan fingerprint density at radius 2 is 1.70 bits per heavy atom. The van der Waals surface area contributed by atoms with Crippen LogP contribution < -0.4 is 5.32 Å². The molecule has 0 fully saturated rings. The molecule has 0 saturated heterocycles. The molecule has 0 aliphatic carbocycles. The molecule has 0 heterocycles. The standard InChI is InChI=1S/C15H11Cl2NO2/c16-9-14(19)18-13-3-1-2-11(8-13)15(20)10-4-6-12(17)7-5-10/h1-8H,9H2,(H,18,19). The summed E-state index contributed by atoms with van der Waals surface area (Å²) in [5.74, 6) is -0.582. The topological polar surface area (TPSA) is 46.2 Å². The summed E-state index contributed by atoms with van der Waals surface area (Å²) >= 11 is 11.2. The van der Waals surface area contributed by atoms with Crippen molar-refractivity contribution in [1.29, 1.82) is 0 Å². The Labute approximate surface area is 126 Å². The maximum atomic E-state index is 12.3. The van der Waals surface area contributed by atoms with Crippen LogP contribution in [0.5, 0.6) is 0 Å². The van der Waals surface area contributed by atoms with Crippen molar-refractivity contribution in [2.24, 2.45) is 0 Å². The molecule has 1 amide bonds. The molecular weight excluding hydrogens is 297 g/mol. The first-order valence-electron chi connectivity index (χ1n) is 5.86. The first-order chi connectivity index (χ1) is 9.60. The normalized spacial score (nSPS) is 10.1. The molecule has 3 nitrogen and oxygen atoms in total. The van der Waals surface area contributed by atoms with Crippen LogP contribution in [0.3, 0.4) is 0 Å². The highest BCUT2D eigenvalue weighted by atomic mass is 35.5. The summed E-state index contributed by atoms with van der Waals surface area (Å²) in [4.78, 5) is 23.5. The number of alkyl halides is 1. The van der Waals surface area contributed by atoms with Gasteiger partial charge in [-0.05, 0) is 36.4 Å². The second kappa shape index (κ2) is 6.55. The second-order valence-corrected chi connectivity index (χ2v) is 4.80. The Morgan fingerprint density at radius 1 is 1.00 bits per heavy atom. The molecule has 0 aliphatic heterocycles.